The third-order valence-corrected chi connectivity index (χ3v) is 3.61. The maximum Gasteiger partial charge on any atom is 0.673 e. The van der Waals surface area contributed by atoms with Gasteiger partial charge >= 0.3 is 79.2 Å². The first kappa shape index (κ1) is 13.2. The van der Waals surface area contributed by atoms with Gasteiger partial charge in [0.1, 0.15) is 0 Å². The molecule has 0 atom stereocenters. The Morgan fingerprint density at radius 3 is 2.12 bits per heavy atom. The molecule has 0 aliphatic heterocycles. The Morgan fingerprint density at radius 1 is 1.00 bits per heavy atom. The molecule has 0 spiro atoms. The van der Waals surface area contributed by atoms with E-state index in [-0.39, 0.29) is 0 Å². The first-order valence-electron chi connectivity index (χ1n) is 4.51. The number of benzene rings is 1. The Kier molecular flexibility index (Phi) is 4.50. The van der Waals surface area contributed by atoms with Crippen LogP contribution >= 0.6 is 0 Å². The normalized spacial score (nSPS) is 10.8. The van der Waals surface area contributed by atoms with Crippen molar-refractivity contribution in [2.24, 2.45) is 0 Å². The maximum atomic E-state index is 9.75. The molecule has 1 aromatic heterocycles. The smallest absolute Gasteiger partial charge is 0.418 e. The van der Waals surface area contributed by atoms with Crippen LogP contribution in [0.4, 0.5) is 17.3 Å². The molecule has 0 fully saturated rings. The average Bonchev–Trinajstić information content (AvgIpc) is 2.16. The van der Waals surface area contributed by atoms with E-state index in [1.54, 1.807) is 0 Å². The standard InChI is InChI=1S/C10H9Se.BF4/c1-8-10-5-3-2-4-9(10)6-7-11-8;2-1(3,4)5/h2-7H,1H3;/q+1;-1. The van der Waals surface area contributed by atoms with Crippen LogP contribution in [0.25, 0.3) is 10.8 Å². The molecule has 0 saturated carbocycles. The van der Waals surface area contributed by atoms with Crippen molar-refractivity contribution in [1.29, 1.82) is 0 Å². The van der Waals surface area contributed by atoms with Crippen LogP contribution in [0.2, 0.25) is 0 Å². The molecule has 0 radical (unpaired) electrons. The fourth-order valence-electron chi connectivity index (χ4n) is 1.24. The third kappa shape index (κ3) is 4.77. The second-order valence-corrected chi connectivity index (χ2v) is 5.41. The number of aryl methyl sites for hydroxylation is 1. The van der Waals surface area contributed by atoms with Crippen molar-refractivity contribution in [3.63, 3.8) is 0 Å². The predicted molar refractivity (Wildman–Crippen MR) is 60.2 cm³/mol. The van der Waals surface area contributed by atoms with Gasteiger partial charge in [-0.25, -0.2) is 0 Å². The Bertz CT molecular complexity index is 458. The number of hydrogen-bond acceptors (Lipinski definition) is 0. The molecule has 0 nitrogen and oxygen atoms in total. The van der Waals surface area contributed by atoms with Crippen LogP contribution < -0.4 is 0 Å². The molecule has 86 valence electrons. The van der Waals surface area contributed by atoms with Crippen molar-refractivity contribution < 1.29 is 17.3 Å². The second-order valence-electron chi connectivity index (χ2n) is 3.06. The van der Waals surface area contributed by atoms with Gasteiger partial charge in [0.2, 0.25) is 0 Å². The third-order valence-electron chi connectivity index (χ3n) is 1.83. The largest absolute Gasteiger partial charge is 0.673 e. The van der Waals surface area contributed by atoms with Crippen LogP contribution in [0, 0.1) is 6.92 Å². The quantitative estimate of drug-likeness (QED) is 0.512. The summed E-state index contributed by atoms with van der Waals surface area (Å²) in [4.78, 5) is 2.28. The van der Waals surface area contributed by atoms with Gasteiger partial charge in [-0.2, -0.15) is 0 Å². The Morgan fingerprint density at radius 2 is 1.56 bits per heavy atom. The van der Waals surface area contributed by atoms with Gasteiger partial charge in [0.25, 0.3) is 0 Å². The van der Waals surface area contributed by atoms with Crippen LogP contribution in [-0.4, -0.2) is 21.8 Å². The van der Waals surface area contributed by atoms with Gasteiger partial charge in [0.15, 0.2) is 0 Å². The van der Waals surface area contributed by atoms with Crippen molar-refractivity contribution in [2.75, 3.05) is 0 Å². The fraction of sp³-hybridized carbons (Fsp3) is 0.100. The van der Waals surface area contributed by atoms with E-state index in [0.29, 0.717) is 14.5 Å². The molecule has 1 aromatic carbocycles. The van der Waals surface area contributed by atoms with Gasteiger partial charge < -0.3 is 17.3 Å². The van der Waals surface area contributed by atoms with Gasteiger partial charge in [-0.3, -0.25) is 0 Å². The molecule has 2 rings (SSSR count). The fourth-order valence-corrected chi connectivity index (χ4v) is 2.77. The molecule has 6 heteroatoms. The van der Waals surface area contributed by atoms with E-state index in [4.69, 9.17) is 0 Å². The van der Waals surface area contributed by atoms with Gasteiger partial charge in [0.05, 0.1) is 0 Å². The van der Waals surface area contributed by atoms with Gasteiger partial charge in [-0.1, -0.05) is 0 Å². The summed E-state index contributed by atoms with van der Waals surface area (Å²) >= 11 is 0.592. The van der Waals surface area contributed by atoms with Crippen molar-refractivity contribution >= 4 is 32.5 Å². The van der Waals surface area contributed by atoms with Crippen molar-refractivity contribution in [1.82, 2.24) is 0 Å². The Labute approximate surface area is 96.8 Å². The van der Waals surface area contributed by atoms with Crippen molar-refractivity contribution in [3.8, 4) is 0 Å². The molecule has 0 bridgehead atoms. The SMILES string of the molecule is Cc1[se+]ccc2ccccc12.F[B-](F)(F)F. The second kappa shape index (κ2) is 5.46. The van der Waals surface area contributed by atoms with Crippen molar-refractivity contribution in [3.05, 3.63) is 39.7 Å². The zero-order chi connectivity index (χ0) is 12.2. The molecule has 1 heterocycles. The summed E-state index contributed by atoms with van der Waals surface area (Å²) < 4.78 is 40.5. The number of halogens is 4. The zero-order valence-electron chi connectivity index (χ0n) is 8.46. The van der Waals surface area contributed by atoms with E-state index in [1.807, 2.05) is 0 Å². The summed E-state index contributed by atoms with van der Waals surface area (Å²) in [5.74, 6) is 0. The number of rotatable bonds is 0. The van der Waals surface area contributed by atoms with Gasteiger partial charge in [-0.15, -0.1) is 0 Å². The first-order chi connectivity index (χ1) is 7.38. The first-order valence-corrected chi connectivity index (χ1v) is 6.36. The average molecular weight is 295 g/mol. The summed E-state index contributed by atoms with van der Waals surface area (Å²) in [6, 6.07) is 10.8. The minimum absolute atomic E-state index is 0.592. The Hall–Kier alpha value is -0.866. The topological polar surface area (TPSA) is 0 Å². The van der Waals surface area contributed by atoms with Gasteiger partial charge in [0, 0.05) is 0 Å². The van der Waals surface area contributed by atoms with Crippen LogP contribution in [0.1, 0.15) is 4.44 Å². The molecule has 0 amide bonds. The molecule has 0 N–H and O–H groups in total. The molecule has 0 saturated heterocycles. The van der Waals surface area contributed by atoms with Gasteiger partial charge in [-0.05, 0) is 0 Å². The van der Waals surface area contributed by atoms with Crippen LogP contribution in [0.5, 0.6) is 0 Å². The molecule has 0 unspecified atom stereocenters. The van der Waals surface area contributed by atoms with E-state index >= 15 is 0 Å². The summed E-state index contributed by atoms with van der Waals surface area (Å²) in [6.07, 6.45) is 0. The monoisotopic (exact) mass is 296 g/mol. The summed E-state index contributed by atoms with van der Waals surface area (Å²) in [6.45, 7) is 2.22. The zero-order valence-corrected chi connectivity index (χ0v) is 10.2. The molecular weight excluding hydrogens is 286 g/mol. The van der Waals surface area contributed by atoms with Crippen LogP contribution in [0.3, 0.4) is 0 Å². The minimum Gasteiger partial charge on any atom is -0.418 e. The number of fused-ring (bicyclic) bond motifs is 1. The van der Waals surface area contributed by atoms with E-state index in [0.717, 1.165) is 0 Å². The number of hydrogen-bond donors (Lipinski definition) is 0. The molecule has 16 heavy (non-hydrogen) atoms. The van der Waals surface area contributed by atoms with E-state index < -0.39 is 7.25 Å². The molecular formula is C10H9BF4Se. The van der Waals surface area contributed by atoms with E-state index in [1.165, 1.54) is 15.2 Å². The summed E-state index contributed by atoms with van der Waals surface area (Å²) in [7, 11) is -6.00. The molecule has 2 aromatic rings. The van der Waals surface area contributed by atoms with Crippen LogP contribution in [0.15, 0.2) is 35.3 Å². The summed E-state index contributed by atoms with van der Waals surface area (Å²) in [5.41, 5.74) is 0. The maximum absolute atomic E-state index is 9.75. The predicted octanol–water partition coefficient (Wildman–Crippen LogP) is 3.79. The minimum atomic E-state index is -6.00. The molecule has 0 aliphatic carbocycles. The summed E-state index contributed by atoms with van der Waals surface area (Å²) in [5, 5.41) is 2.81. The van der Waals surface area contributed by atoms with E-state index in [2.05, 4.69) is 42.2 Å². The van der Waals surface area contributed by atoms with Crippen molar-refractivity contribution in [2.45, 2.75) is 6.92 Å². The van der Waals surface area contributed by atoms with E-state index in [9.17, 15) is 17.3 Å². The Balaban J connectivity index is 0.000000221. The molecule has 0 aliphatic rings. The van der Waals surface area contributed by atoms with Crippen LogP contribution in [-0.2, 0) is 0 Å².